The molecule has 2 saturated heterocycles. The molecule has 0 radical (unpaired) electrons. The molecule has 0 aliphatic carbocycles. The van der Waals surface area contributed by atoms with Crippen molar-refractivity contribution in [3.05, 3.63) is 47.5 Å². The topological polar surface area (TPSA) is 135 Å². The highest BCUT2D eigenvalue weighted by Crippen LogP contribution is 2.22. The number of hydrogen-bond acceptors (Lipinski definition) is 8. The zero-order valence-electron chi connectivity index (χ0n) is 21.6. The normalized spacial score (nSPS) is 20.4. The number of hydrogen-bond donors (Lipinski definition) is 3. The Balaban J connectivity index is 1.62. The Kier molecular flexibility index (Phi) is 10.5. The molecular formula is C26H37BN4O6. The summed E-state index contributed by atoms with van der Waals surface area (Å²) in [5, 5.41) is 31.8. The number of amides is 2. The van der Waals surface area contributed by atoms with Crippen molar-refractivity contribution in [3.8, 4) is 6.07 Å². The van der Waals surface area contributed by atoms with Gasteiger partial charge < -0.3 is 29.7 Å². The number of ether oxygens (including phenoxy) is 2. The minimum absolute atomic E-state index is 0.0629. The van der Waals surface area contributed by atoms with Gasteiger partial charge in [-0.2, -0.15) is 5.26 Å². The summed E-state index contributed by atoms with van der Waals surface area (Å²) >= 11 is 0. The van der Waals surface area contributed by atoms with E-state index in [1.807, 2.05) is 44.2 Å². The molecule has 0 unspecified atom stereocenters. The maximum atomic E-state index is 13.3. The van der Waals surface area contributed by atoms with Crippen LogP contribution in [0, 0.1) is 11.3 Å². The molecule has 1 aromatic carbocycles. The minimum atomic E-state index is -1.77. The fourth-order valence-electron chi connectivity index (χ4n) is 4.72. The summed E-state index contributed by atoms with van der Waals surface area (Å²) in [5.41, 5.74) is 0.404. The molecule has 0 saturated carbocycles. The first kappa shape index (κ1) is 28.7. The van der Waals surface area contributed by atoms with E-state index in [1.165, 1.54) is 0 Å². The smallest absolute Gasteiger partial charge is 0.444 e. The summed E-state index contributed by atoms with van der Waals surface area (Å²) in [7, 11) is -1.77. The second-order valence-corrected chi connectivity index (χ2v) is 10.1. The molecule has 3 rings (SSSR count). The first-order valence-corrected chi connectivity index (χ1v) is 12.8. The standard InChI is InChI=1S/C26H37BN4O6/c1-26(2,31-12-14-36-15-13-31)17-21(18-28)24(32)30-11-7-6-10-22(19-30)37-25(33)29-23(27(34)35)16-20-8-4-3-5-9-20/h3-5,8-9,17,22-23,34-35H,6-7,10-16,19H2,1-2H3,(H,29,33)/b21-17+/t22-,23+/m1/s1. The highest BCUT2D eigenvalue weighted by Gasteiger charge is 2.32. The van der Waals surface area contributed by atoms with Gasteiger partial charge in [-0.3, -0.25) is 9.69 Å². The molecule has 1 aromatic rings. The van der Waals surface area contributed by atoms with Gasteiger partial charge in [0, 0.05) is 25.2 Å². The Hall–Kier alpha value is -2.91. The Morgan fingerprint density at radius 2 is 1.95 bits per heavy atom. The van der Waals surface area contributed by atoms with Crippen LogP contribution < -0.4 is 5.32 Å². The van der Waals surface area contributed by atoms with Crippen LogP contribution in [0.15, 0.2) is 42.0 Å². The second-order valence-electron chi connectivity index (χ2n) is 10.1. The number of rotatable bonds is 8. The molecule has 2 aliphatic heterocycles. The number of likely N-dealkylation sites (tertiary alicyclic amines) is 1. The number of nitrogens with one attached hydrogen (secondary N) is 1. The quantitative estimate of drug-likeness (QED) is 0.269. The number of carbonyl (C=O) groups excluding carboxylic acids is 2. The lowest BCUT2D eigenvalue weighted by Gasteiger charge is -2.39. The monoisotopic (exact) mass is 512 g/mol. The molecule has 0 aromatic heterocycles. The van der Waals surface area contributed by atoms with E-state index in [2.05, 4.69) is 16.3 Å². The van der Waals surface area contributed by atoms with E-state index < -0.39 is 30.8 Å². The van der Waals surface area contributed by atoms with Crippen LogP contribution in [-0.2, 0) is 20.7 Å². The molecule has 3 N–H and O–H groups in total. The zero-order chi connectivity index (χ0) is 26.8. The van der Waals surface area contributed by atoms with Crippen LogP contribution in [0.1, 0.15) is 38.7 Å². The summed E-state index contributed by atoms with van der Waals surface area (Å²) in [6.07, 6.45) is 2.62. The van der Waals surface area contributed by atoms with Crippen molar-refractivity contribution in [2.24, 2.45) is 0 Å². The van der Waals surface area contributed by atoms with E-state index >= 15 is 0 Å². The van der Waals surface area contributed by atoms with E-state index in [-0.39, 0.29) is 24.4 Å². The fraction of sp³-hybridized carbons (Fsp3) is 0.577. The van der Waals surface area contributed by atoms with E-state index in [0.717, 1.165) is 31.5 Å². The van der Waals surface area contributed by atoms with Crippen molar-refractivity contribution in [2.75, 3.05) is 39.4 Å². The van der Waals surface area contributed by atoms with Gasteiger partial charge in [0.2, 0.25) is 0 Å². The Labute approximate surface area is 219 Å². The Morgan fingerprint density at radius 1 is 1.24 bits per heavy atom. The van der Waals surface area contributed by atoms with Crippen LogP contribution >= 0.6 is 0 Å². The van der Waals surface area contributed by atoms with E-state index in [0.29, 0.717) is 26.2 Å². The highest BCUT2D eigenvalue weighted by atomic mass is 16.6. The van der Waals surface area contributed by atoms with Gasteiger partial charge >= 0.3 is 13.2 Å². The molecule has 11 heteroatoms. The minimum Gasteiger partial charge on any atom is -0.444 e. The lowest BCUT2D eigenvalue weighted by Crippen LogP contribution is -2.50. The van der Waals surface area contributed by atoms with Crippen LogP contribution in [0.4, 0.5) is 4.79 Å². The first-order chi connectivity index (χ1) is 17.7. The lowest BCUT2D eigenvalue weighted by molar-refractivity contribution is -0.127. The molecule has 200 valence electrons. The van der Waals surface area contributed by atoms with Crippen LogP contribution in [-0.4, -0.2) is 95.9 Å². The predicted molar refractivity (Wildman–Crippen MR) is 138 cm³/mol. The summed E-state index contributed by atoms with van der Waals surface area (Å²) in [6, 6.07) is 11.2. The lowest BCUT2D eigenvalue weighted by atomic mass is 9.76. The first-order valence-electron chi connectivity index (χ1n) is 12.8. The van der Waals surface area contributed by atoms with E-state index in [1.54, 1.807) is 11.0 Å². The number of carbonyl (C=O) groups is 2. The van der Waals surface area contributed by atoms with Crippen LogP contribution in [0.3, 0.4) is 0 Å². The number of morpholine rings is 1. The molecular weight excluding hydrogens is 475 g/mol. The predicted octanol–water partition coefficient (Wildman–Crippen LogP) is 1.28. The molecule has 2 fully saturated rings. The van der Waals surface area contributed by atoms with Gasteiger partial charge in [-0.1, -0.05) is 30.3 Å². The summed E-state index contributed by atoms with van der Waals surface area (Å²) in [5.74, 6) is -1.33. The zero-order valence-corrected chi connectivity index (χ0v) is 21.6. The van der Waals surface area contributed by atoms with Crippen molar-refractivity contribution >= 4 is 19.1 Å². The van der Waals surface area contributed by atoms with Gasteiger partial charge in [0.25, 0.3) is 5.91 Å². The molecule has 2 atom stereocenters. The van der Waals surface area contributed by atoms with Gasteiger partial charge in [-0.05, 0) is 51.2 Å². The van der Waals surface area contributed by atoms with Gasteiger partial charge in [-0.15, -0.1) is 0 Å². The number of benzene rings is 1. The molecule has 10 nitrogen and oxygen atoms in total. The summed E-state index contributed by atoms with van der Waals surface area (Å²) < 4.78 is 11.0. The van der Waals surface area contributed by atoms with Crippen molar-refractivity contribution in [2.45, 2.75) is 57.1 Å². The maximum absolute atomic E-state index is 13.3. The molecule has 0 bridgehead atoms. The highest BCUT2D eigenvalue weighted by molar-refractivity contribution is 6.43. The van der Waals surface area contributed by atoms with Crippen LogP contribution in [0.25, 0.3) is 0 Å². The Morgan fingerprint density at radius 3 is 2.59 bits per heavy atom. The molecule has 2 amide bonds. The van der Waals surface area contributed by atoms with E-state index in [4.69, 9.17) is 9.47 Å². The number of nitrogens with zero attached hydrogens (tertiary/aromatic N) is 3. The second kappa shape index (κ2) is 13.6. The molecule has 37 heavy (non-hydrogen) atoms. The molecule has 2 aliphatic rings. The maximum Gasteiger partial charge on any atom is 0.475 e. The fourth-order valence-corrected chi connectivity index (χ4v) is 4.72. The van der Waals surface area contributed by atoms with Crippen molar-refractivity contribution in [1.29, 1.82) is 5.26 Å². The van der Waals surface area contributed by atoms with Gasteiger partial charge in [0.05, 0.1) is 25.7 Å². The average molecular weight is 512 g/mol. The van der Waals surface area contributed by atoms with Crippen LogP contribution in [0.5, 0.6) is 0 Å². The third kappa shape index (κ3) is 8.57. The average Bonchev–Trinajstić information content (AvgIpc) is 3.13. The summed E-state index contributed by atoms with van der Waals surface area (Å²) in [6.45, 7) is 7.24. The van der Waals surface area contributed by atoms with Crippen molar-refractivity contribution in [1.82, 2.24) is 15.1 Å². The van der Waals surface area contributed by atoms with Crippen molar-refractivity contribution in [3.63, 3.8) is 0 Å². The Bertz CT molecular complexity index is 975. The number of nitriles is 1. The van der Waals surface area contributed by atoms with Crippen LogP contribution in [0.2, 0.25) is 0 Å². The number of alkyl carbamates (subject to hydrolysis) is 1. The van der Waals surface area contributed by atoms with Crippen molar-refractivity contribution < 1.29 is 29.1 Å². The third-order valence-electron chi connectivity index (χ3n) is 6.83. The van der Waals surface area contributed by atoms with Gasteiger partial charge in [-0.25, -0.2) is 4.79 Å². The third-order valence-corrected chi connectivity index (χ3v) is 6.83. The molecule has 0 spiro atoms. The summed E-state index contributed by atoms with van der Waals surface area (Å²) in [4.78, 5) is 29.7. The largest absolute Gasteiger partial charge is 0.475 e. The van der Waals surface area contributed by atoms with E-state index in [9.17, 15) is 24.9 Å². The van der Waals surface area contributed by atoms with Gasteiger partial charge in [0.1, 0.15) is 17.7 Å². The molecule has 2 heterocycles. The SMILES string of the molecule is CC(C)(/C=C(\C#N)C(=O)N1CCCC[C@@H](OC(=O)N[C@@H](Cc2ccccc2)B(O)O)C1)N1CCOCC1. The van der Waals surface area contributed by atoms with Gasteiger partial charge in [0.15, 0.2) is 0 Å².